The van der Waals surface area contributed by atoms with E-state index in [1.807, 2.05) is 18.0 Å². The molecule has 2 rings (SSSR count). The van der Waals surface area contributed by atoms with E-state index >= 15 is 0 Å². The molecule has 5 heteroatoms. The van der Waals surface area contributed by atoms with E-state index in [1.54, 1.807) is 7.11 Å². The molecule has 1 aliphatic rings. The minimum Gasteiger partial charge on any atom is -0.383 e. The Labute approximate surface area is 119 Å². The summed E-state index contributed by atoms with van der Waals surface area (Å²) in [6.07, 6.45) is 1.99. The van der Waals surface area contributed by atoms with Gasteiger partial charge in [0.25, 0.3) is 0 Å². The van der Waals surface area contributed by atoms with Crippen LogP contribution in [0, 0.1) is 6.92 Å². The second-order valence-corrected chi connectivity index (χ2v) is 5.98. The van der Waals surface area contributed by atoms with Crippen LogP contribution in [0.3, 0.4) is 0 Å². The molecular formula is C14H23N3OS. The third-order valence-electron chi connectivity index (χ3n) is 3.23. The van der Waals surface area contributed by atoms with Crippen LogP contribution in [0.15, 0.2) is 12.3 Å². The van der Waals surface area contributed by atoms with Gasteiger partial charge in [0.15, 0.2) is 0 Å². The number of thioether (sulfide) groups is 1. The summed E-state index contributed by atoms with van der Waals surface area (Å²) in [4.78, 5) is 7.04. The molecule has 1 aromatic rings. The van der Waals surface area contributed by atoms with Crippen LogP contribution in [-0.4, -0.2) is 49.8 Å². The average molecular weight is 281 g/mol. The van der Waals surface area contributed by atoms with E-state index in [-0.39, 0.29) is 0 Å². The van der Waals surface area contributed by atoms with Crippen molar-refractivity contribution in [2.24, 2.45) is 0 Å². The van der Waals surface area contributed by atoms with Gasteiger partial charge in [0.05, 0.1) is 6.61 Å². The molecule has 0 radical (unpaired) electrons. The van der Waals surface area contributed by atoms with Crippen molar-refractivity contribution in [1.82, 2.24) is 10.3 Å². The molecule has 19 heavy (non-hydrogen) atoms. The number of ether oxygens (including phenoxy) is 1. The van der Waals surface area contributed by atoms with Gasteiger partial charge in [-0.05, 0) is 24.1 Å². The number of pyridine rings is 1. The number of aromatic nitrogens is 1. The highest BCUT2D eigenvalue weighted by molar-refractivity contribution is 7.99. The van der Waals surface area contributed by atoms with Crippen molar-refractivity contribution in [2.75, 3.05) is 49.8 Å². The lowest BCUT2D eigenvalue weighted by Gasteiger charge is -2.28. The fraction of sp³-hybridized carbons (Fsp3) is 0.643. The van der Waals surface area contributed by atoms with Crippen molar-refractivity contribution in [3.63, 3.8) is 0 Å². The van der Waals surface area contributed by atoms with Crippen LogP contribution in [0.25, 0.3) is 0 Å². The summed E-state index contributed by atoms with van der Waals surface area (Å²) in [6.45, 7) is 6.86. The predicted molar refractivity (Wildman–Crippen MR) is 82.1 cm³/mol. The number of nitrogens with zero attached hydrogens (tertiary/aromatic N) is 2. The molecule has 1 N–H and O–H groups in total. The Morgan fingerprint density at radius 3 is 2.89 bits per heavy atom. The van der Waals surface area contributed by atoms with E-state index in [0.29, 0.717) is 0 Å². The molecule has 0 spiro atoms. The van der Waals surface area contributed by atoms with Gasteiger partial charge in [-0.2, -0.15) is 11.8 Å². The van der Waals surface area contributed by atoms with Crippen molar-refractivity contribution < 1.29 is 4.74 Å². The minimum atomic E-state index is 0.746. The van der Waals surface area contributed by atoms with Crippen LogP contribution in [0.5, 0.6) is 0 Å². The smallest absolute Gasteiger partial charge is 0.131 e. The van der Waals surface area contributed by atoms with Crippen LogP contribution < -0.4 is 10.2 Å². The molecule has 1 aliphatic heterocycles. The topological polar surface area (TPSA) is 37.4 Å². The van der Waals surface area contributed by atoms with Crippen molar-refractivity contribution in [3.8, 4) is 0 Å². The summed E-state index contributed by atoms with van der Waals surface area (Å²) in [6, 6.07) is 2.24. The van der Waals surface area contributed by atoms with Gasteiger partial charge < -0.3 is 15.0 Å². The molecule has 106 valence electrons. The van der Waals surface area contributed by atoms with Crippen molar-refractivity contribution in [1.29, 1.82) is 0 Å². The van der Waals surface area contributed by atoms with Crippen molar-refractivity contribution in [2.45, 2.75) is 13.5 Å². The third kappa shape index (κ3) is 4.37. The summed E-state index contributed by atoms with van der Waals surface area (Å²) in [5.41, 5.74) is 2.52. The molecule has 0 amide bonds. The fourth-order valence-electron chi connectivity index (χ4n) is 2.24. The van der Waals surface area contributed by atoms with Gasteiger partial charge in [-0.25, -0.2) is 4.98 Å². The Morgan fingerprint density at radius 2 is 2.21 bits per heavy atom. The van der Waals surface area contributed by atoms with Gasteiger partial charge in [0, 0.05) is 51.0 Å². The van der Waals surface area contributed by atoms with E-state index in [9.17, 15) is 0 Å². The highest BCUT2D eigenvalue weighted by atomic mass is 32.2. The fourth-order valence-corrected chi connectivity index (χ4v) is 3.14. The number of hydrogen-bond donors (Lipinski definition) is 1. The molecule has 1 aromatic heterocycles. The minimum absolute atomic E-state index is 0.746. The molecule has 0 aliphatic carbocycles. The summed E-state index contributed by atoms with van der Waals surface area (Å²) >= 11 is 2.03. The first kappa shape index (κ1) is 14.6. The number of anilines is 1. The summed E-state index contributed by atoms with van der Waals surface area (Å²) < 4.78 is 5.02. The standard InChI is InChI=1S/C14H23N3OS/c1-12-9-13(10-15-3-6-18-2)11-16-14(12)17-4-7-19-8-5-17/h9,11,15H,3-8,10H2,1-2H3. The van der Waals surface area contributed by atoms with Crippen LogP contribution in [0.2, 0.25) is 0 Å². The second kappa shape index (κ2) is 7.72. The quantitative estimate of drug-likeness (QED) is 0.803. The molecule has 2 heterocycles. The van der Waals surface area contributed by atoms with E-state index in [0.717, 1.165) is 38.6 Å². The maximum absolute atomic E-state index is 5.02. The van der Waals surface area contributed by atoms with Crippen molar-refractivity contribution in [3.05, 3.63) is 23.4 Å². The maximum atomic E-state index is 5.02. The molecule has 1 fully saturated rings. The number of nitrogens with one attached hydrogen (secondary N) is 1. The molecular weight excluding hydrogens is 258 g/mol. The SMILES string of the molecule is COCCNCc1cnc(N2CCSCC2)c(C)c1. The zero-order valence-corrected chi connectivity index (χ0v) is 12.6. The lowest BCUT2D eigenvalue weighted by Crippen LogP contribution is -2.33. The Hall–Kier alpha value is -0.780. The molecule has 4 nitrogen and oxygen atoms in total. The monoisotopic (exact) mass is 281 g/mol. The first-order valence-corrected chi connectivity index (χ1v) is 7.94. The molecule has 0 atom stereocenters. The summed E-state index contributed by atoms with van der Waals surface area (Å²) in [5, 5.41) is 3.35. The van der Waals surface area contributed by atoms with Crippen LogP contribution in [0.1, 0.15) is 11.1 Å². The zero-order valence-electron chi connectivity index (χ0n) is 11.8. The Bertz CT molecular complexity index is 394. The molecule has 0 saturated carbocycles. The van der Waals surface area contributed by atoms with Crippen molar-refractivity contribution >= 4 is 17.6 Å². The average Bonchev–Trinajstić information content (AvgIpc) is 2.45. The number of rotatable bonds is 6. The number of methoxy groups -OCH3 is 1. The molecule has 0 aromatic carbocycles. The van der Waals surface area contributed by atoms with Gasteiger partial charge in [0.2, 0.25) is 0 Å². The normalized spacial score (nSPS) is 15.8. The van der Waals surface area contributed by atoms with E-state index < -0.39 is 0 Å². The molecule has 1 saturated heterocycles. The highest BCUT2D eigenvalue weighted by Gasteiger charge is 2.14. The van der Waals surface area contributed by atoms with E-state index in [4.69, 9.17) is 4.74 Å². The largest absolute Gasteiger partial charge is 0.383 e. The van der Waals surface area contributed by atoms with Gasteiger partial charge in [-0.1, -0.05) is 0 Å². The lowest BCUT2D eigenvalue weighted by molar-refractivity contribution is 0.199. The predicted octanol–water partition coefficient (Wildman–Crippen LogP) is 1.68. The van der Waals surface area contributed by atoms with E-state index in [1.165, 1.54) is 22.6 Å². The molecule has 0 bridgehead atoms. The zero-order chi connectivity index (χ0) is 13.5. The number of aryl methyl sites for hydroxylation is 1. The Kier molecular flexibility index (Phi) is 5.94. The Balaban J connectivity index is 1.92. The van der Waals surface area contributed by atoms with E-state index in [2.05, 4.69) is 28.2 Å². The van der Waals surface area contributed by atoms with Crippen LogP contribution in [0.4, 0.5) is 5.82 Å². The summed E-state index contributed by atoms with van der Waals surface area (Å²) in [7, 11) is 1.72. The highest BCUT2D eigenvalue weighted by Crippen LogP contribution is 2.21. The van der Waals surface area contributed by atoms with Gasteiger partial charge in [-0.15, -0.1) is 0 Å². The summed E-state index contributed by atoms with van der Waals surface area (Å²) in [5.74, 6) is 3.57. The Morgan fingerprint density at radius 1 is 1.42 bits per heavy atom. The van der Waals surface area contributed by atoms with Gasteiger partial charge >= 0.3 is 0 Å². The van der Waals surface area contributed by atoms with Gasteiger partial charge in [-0.3, -0.25) is 0 Å². The first-order valence-electron chi connectivity index (χ1n) is 6.79. The van der Waals surface area contributed by atoms with Crippen LogP contribution in [-0.2, 0) is 11.3 Å². The second-order valence-electron chi connectivity index (χ2n) is 4.75. The maximum Gasteiger partial charge on any atom is 0.131 e. The third-order valence-corrected chi connectivity index (χ3v) is 4.17. The number of hydrogen-bond acceptors (Lipinski definition) is 5. The lowest BCUT2D eigenvalue weighted by atomic mass is 10.2. The van der Waals surface area contributed by atoms with Gasteiger partial charge in [0.1, 0.15) is 5.82 Å². The molecule has 0 unspecified atom stereocenters. The van der Waals surface area contributed by atoms with Crippen LogP contribution >= 0.6 is 11.8 Å². The first-order chi connectivity index (χ1) is 9.31.